The van der Waals surface area contributed by atoms with E-state index in [2.05, 4.69) is 19.3 Å². The SMILES string of the molecule is CC(C)/S(=N\C#N)c1cccc(NC(=O)c2snnc2C(F)F)c1. The number of anilines is 1. The van der Waals surface area contributed by atoms with Gasteiger partial charge in [-0.15, -0.1) is 9.46 Å². The van der Waals surface area contributed by atoms with E-state index in [1.807, 2.05) is 13.8 Å². The van der Waals surface area contributed by atoms with E-state index in [1.165, 1.54) is 0 Å². The van der Waals surface area contributed by atoms with Crippen LogP contribution >= 0.6 is 11.5 Å². The Morgan fingerprint density at radius 1 is 1.46 bits per heavy atom. The summed E-state index contributed by atoms with van der Waals surface area (Å²) in [5.74, 6) is -0.695. The molecule has 24 heavy (non-hydrogen) atoms. The summed E-state index contributed by atoms with van der Waals surface area (Å²) in [7, 11) is -0.643. The Labute approximate surface area is 143 Å². The molecule has 0 saturated heterocycles. The number of nitriles is 1. The molecule has 1 aromatic carbocycles. The van der Waals surface area contributed by atoms with Gasteiger partial charge in [0.05, 0.1) is 0 Å². The molecule has 1 N–H and O–H groups in total. The van der Waals surface area contributed by atoms with Crippen molar-refractivity contribution in [2.45, 2.75) is 30.4 Å². The molecule has 2 aromatic rings. The summed E-state index contributed by atoms with van der Waals surface area (Å²) in [6.45, 7) is 3.88. The lowest BCUT2D eigenvalue weighted by atomic mass is 10.3. The first-order valence-corrected chi connectivity index (χ1v) is 8.80. The van der Waals surface area contributed by atoms with Crippen molar-refractivity contribution in [2.75, 3.05) is 5.32 Å². The number of carbonyl (C=O) groups excluding carboxylic acids is 1. The number of hydrogen-bond acceptors (Lipinski definition) is 6. The van der Waals surface area contributed by atoms with Crippen LogP contribution in [0.5, 0.6) is 0 Å². The minimum absolute atomic E-state index is 0.117. The summed E-state index contributed by atoms with van der Waals surface area (Å²) in [6, 6.07) is 6.82. The summed E-state index contributed by atoms with van der Waals surface area (Å²) in [5, 5.41) is 14.8. The highest BCUT2D eigenvalue weighted by atomic mass is 32.2. The lowest BCUT2D eigenvalue weighted by molar-refractivity contribution is 0.101. The summed E-state index contributed by atoms with van der Waals surface area (Å²) in [5.41, 5.74) is -0.201. The van der Waals surface area contributed by atoms with Gasteiger partial charge in [-0.05, 0) is 40.4 Å². The molecule has 1 atom stereocenters. The van der Waals surface area contributed by atoms with Gasteiger partial charge in [-0.1, -0.05) is 24.4 Å². The van der Waals surface area contributed by atoms with Crippen LogP contribution in [0.15, 0.2) is 33.5 Å². The average Bonchev–Trinajstić information content (AvgIpc) is 3.02. The first-order chi connectivity index (χ1) is 11.4. The van der Waals surface area contributed by atoms with Crippen LogP contribution < -0.4 is 5.32 Å². The van der Waals surface area contributed by atoms with Crippen molar-refractivity contribution >= 4 is 33.8 Å². The average molecular weight is 369 g/mol. The van der Waals surface area contributed by atoms with E-state index in [0.29, 0.717) is 17.2 Å². The van der Waals surface area contributed by atoms with E-state index >= 15 is 0 Å². The van der Waals surface area contributed by atoms with Crippen LogP contribution in [0.25, 0.3) is 0 Å². The fourth-order valence-electron chi connectivity index (χ4n) is 1.86. The van der Waals surface area contributed by atoms with Gasteiger partial charge in [0.1, 0.15) is 4.88 Å². The van der Waals surface area contributed by atoms with Crippen molar-refractivity contribution in [1.29, 1.82) is 5.26 Å². The topological polar surface area (TPSA) is 91.0 Å². The van der Waals surface area contributed by atoms with Gasteiger partial charge >= 0.3 is 0 Å². The molecule has 1 heterocycles. The number of nitrogens with one attached hydrogen (secondary N) is 1. The molecule has 6 nitrogen and oxygen atoms in total. The van der Waals surface area contributed by atoms with Gasteiger partial charge < -0.3 is 5.32 Å². The van der Waals surface area contributed by atoms with Gasteiger partial charge in [-0.3, -0.25) is 4.79 Å². The Balaban J connectivity index is 2.27. The molecule has 0 spiro atoms. The Morgan fingerprint density at radius 2 is 2.21 bits per heavy atom. The molecule has 0 aliphatic carbocycles. The summed E-state index contributed by atoms with van der Waals surface area (Å²) >= 11 is 0.616. The largest absolute Gasteiger partial charge is 0.321 e. The lowest BCUT2D eigenvalue weighted by Gasteiger charge is -2.12. The Kier molecular flexibility index (Phi) is 6.05. The fraction of sp³-hybridized carbons (Fsp3) is 0.286. The third kappa shape index (κ3) is 4.18. The fourth-order valence-corrected chi connectivity index (χ4v) is 3.85. The third-order valence-electron chi connectivity index (χ3n) is 2.85. The standard InChI is InChI=1S/C14H13F2N5OS2/c1-8(2)24(18-7-17)10-5-3-4-9(6-10)19-14(22)12-11(13(15)16)20-21-23-12/h3-6,8,13H,1-2H3,(H,19,22). The van der Waals surface area contributed by atoms with E-state index in [4.69, 9.17) is 5.26 Å². The number of halogens is 2. The third-order valence-corrected chi connectivity index (χ3v) is 5.49. The predicted octanol–water partition coefficient (Wildman–Crippen LogP) is 3.78. The van der Waals surface area contributed by atoms with Crippen LogP contribution in [0.4, 0.5) is 14.5 Å². The number of rotatable bonds is 5. The van der Waals surface area contributed by atoms with Crippen molar-refractivity contribution in [1.82, 2.24) is 9.59 Å². The van der Waals surface area contributed by atoms with Gasteiger partial charge in [0.25, 0.3) is 12.3 Å². The number of nitrogens with zero attached hydrogens (tertiary/aromatic N) is 4. The van der Waals surface area contributed by atoms with E-state index in [9.17, 15) is 13.6 Å². The first kappa shape index (κ1) is 18.1. The molecule has 1 amide bonds. The van der Waals surface area contributed by atoms with Gasteiger partial charge in [-0.25, -0.2) is 8.78 Å². The molecule has 0 fully saturated rings. The second-order valence-electron chi connectivity index (χ2n) is 4.82. The zero-order valence-electron chi connectivity index (χ0n) is 12.7. The quantitative estimate of drug-likeness (QED) is 0.812. The van der Waals surface area contributed by atoms with Crippen LogP contribution in [-0.2, 0) is 10.7 Å². The highest BCUT2D eigenvalue weighted by Gasteiger charge is 2.23. The maximum absolute atomic E-state index is 12.8. The maximum Gasteiger partial charge on any atom is 0.283 e. The minimum Gasteiger partial charge on any atom is -0.321 e. The smallest absolute Gasteiger partial charge is 0.283 e. The molecule has 1 aromatic heterocycles. The maximum atomic E-state index is 12.8. The summed E-state index contributed by atoms with van der Waals surface area (Å²) < 4.78 is 32.9. The van der Waals surface area contributed by atoms with Gasteiger partial charge in [0, 0.05) is 15.8 Å². The number of alkyl halides is 2. The highest BCUT2D eigenvalue weighted by Crippen LogP contribution is 2.24. The molecule has 0 aliphatic rings. The number of hydrogen-bond donors (Lipinski definition) is 1. The Bertz CT molecular complexity index is 813. The van der Waals surface area contributed by atoms with E-state index < -0.39 is 28.7 Å². The van der Waals surface area contributed by atoms with E-state index in [-0.39, 0.29) is 10.1 Å². The Morgan fingerprint density at radius 3 is 2.83 bits per heavy atom. The normalized spacial score (nSPS) is 12.4. The van der Waals surface area contributed by atoms with Crippen molar-refractivity contribution < 1.29 is 13.6 Å². The van der Waals surface area contributed by atoms with Crippen molar-refractivity contribution in [2.24, 2.45) is 4.36 Å². The lowest BCUT2D eigenvalue weighted by Crippen LogP contribution is -2.13. The molecule has 1 unspecified atom stereocenters. The number of amides is 1. The predicted molar refractivity (Wildman–Crippen MR) is 88.1 cm³/mol. The molecular weight excluding hydrogens is 356 g/mol. The number of aromatic nitrogens is 2. The van der Waals surface area contributed by atoms with Crippen molar-refractivity contribution in [3.05, 3.63) is 34.8 Å². The van der Waals surface area contributed by atoms with E-state index in [0.717, 1.165) is 4.90 Å². The number of carbonyl (C=O) groups is 1. The molecule has 0 saturated carbocycles. The van der Waals surface area contributed by atoms with Crippen LogP contribution in [0.2, 0.25) is 0 Å². The van der Waals surface area contributed by atoms with Crippen LogP contribution in [-0.4, -0.2) is 20.7 Å². The zero-order chi connectivity index (χ0) is 17.7. The van der Waals surface area contributed by atoms with Gasteiger partial charge in [0.2, 0.25) is 6.19 Å². The molecule has 126 valence electrons. The summed E-state index contributed by atoms with van der Waals surface area (Å²) in [6.07, 6.45) is -1.06. The minimum atomic E-state index is -2.86. The van der Waals surface area contributed by atoms with Crippen molar-refractivity contribution in [3.63, 3.8) is 0 Å². The Hall–Kier alpha value is -2.25. The van der Waals surface area contributed by atoms with Gasteiger partial charge in [-0.2, -0.15) is 5.26 Å². The van der Waals surface area contributed by atoms with Crippen molar-refractivity contribution in [3.8, 4) is 6.19 Å². The molecule has 0 aliphatic heterocycles. The summed E-state index contributed by atoms with van der Waals surface area (Å²) in [4.78, 5) is 12.7. The van der Waals surface area contributed by atoms with E-state index in [1.54, 1.807) is 30.5 Å². The highest BCUT2D eigenvalue weighted by molar-refractivity contribution is 7.88. The monoisotopic (exact) mass is 369 g/mol. The molecule has 2 rings (SSSR count). The van der Waals surface area contributed by atoms with Gasteiger partial charge in [0.15, 0.2) is 5.69 Å². The number of benzene rings is 1. The first-order valence-electron chi connectivity index (χ1n) is 6.79. The molecule has 0 radical (unpaired) electrons. The zero-order valence-corrected chi connectivity index (χ0v) is 14.4. The molecule has 0 bridgehead atoms. The van der Waals surface area contributed by atoms with Crippen LogP contribution in [0, 0.1) is 11.5 Å². The van der Waals surface area contributed by atoms with Crippen LogP contribution in [0.3, 0.4) is 0 Å². The second kappa shape index (κ2) is 8.03. The molecular formula is C14H13F2N5OS2. The molecule has 10 heteroatoms. The van der Waals surface area contributed by atoms with Crippen LogP contribution in [0.1, 0.15) is 35.6 Å². The second-order valence-corrected chi connectivity index (χ2v) is 7.80.